The number of aromatic nitrogens is 1. The molecule has 1 aliphatic rings. The summed E-state index contributed by atoms with van der Waals surface area (Å²) in [6.07, 6.45) is 0.767. The van der Waals surface area contributed by atoms with Crippen LogP contribution in [0.25, 0.3) is 10.9 Å². The highest BCUT2D eigenvalue weighted by Crippen LogP contribution is 2.27. The predicted octanol–water partition coefficient (Wildman–Crippen LogP) is 3.56. The van der Waals surface area contributed by atoms with E-state index in [1.165, 1.54) is 27.7 Å². The second-order valence-corrected chi connectivity index (χ2v) is 8.37. The van der Waals surface area contributed by atoms with E-state index in [0.717, 1.165) is 50.6 Å². The van der Waals surface area contributed by atoms with E-state index in [-0.39, 0.29) is 6.61 Å². The van der Waals surface area contributed by atoms with Crippen molar-refractivity contribution in [2.75, 3.05) is 40.5 Å². The Morgan fingerprint density at radius 2 is 1.77 bits per heavy atom. The van der Waals surface area contributed by atoms with E-state index in [0.29, 0.717) is 6.04 Å². The maximum absolute atomic E-state index is 9.69. The van der Waals surface area contributed by atoms with Crippen molar-refractivity contribution in [1.82, 2.24) is 14.8 Å². The molecule has 1 aliphatic heterocycles. The minimum absolute atomic E-state index is 0.196. The van der Waals surface area contributed by atoms with Gasteiger partial charge in [-0.2, -0.15) is 0 Å². The molecule has 2 N–H and O–H groups in total. The third-order valence-corrected chi connectivity index (χ3v) is 6.40. The van der Waals surface area contributed by atoms with Crippen LogP contribution in [0.15, 0.2) is 42.5 Å². The highest BCUT2D eigenvalue weighted by Gasteiger charge is 2.27. The average molecular weight is 424 g/mol. The van der Waals surface area contributed by atoms with Crippen LogP contribution in [-0.4, -0.2) is 66.4 Å². The smallest absolute Gasteiger partial charge is 0.122 e. The zero-order chi connectivity index (χ0) is 21.8. The highest BCUT2D eigenvalue weighted by molar-refractivity contribution is 5.84. The van der Waals surface area contributed by atoms with Crippen molar-refractivity contribution in [3.63, 3.8) is 0 Å². The van der Waals surface area contributed by atoms with E-state index in [1.54, 1.807) is 14.2 Å². The lowest BCUT2D eigenvalue weighted by atomic mass is 10.1. The Labute approximate surface area is 184 Å². The van der Waals surface area contributed by atoms with Crippen LogP contribution in [0.5, 0.6) is 11.5 Å². The van der Waals surface area contributed by atoms with Crippen molar-refractivity contribution in [2.45, 2.75) is 32.5 Å². The van der Waals surface area contributed by atoms with Gasteiger partial charge in [0.25, 0.3) is 0 Å². The normalized spacial score (nSPS) is 17.9. The molecule has 0 amide bonds. The number of para-hydroxylation sites is 1. The number of piperazine rings is 1. The van der Waals surface area contributed by atoms with Crippen LogP contribution in [0, 0.1) is 6.92 Å². The van der Waals surface area contributed by atoms with Crippen molar-refractivity contribution in [2.24, 2.45) is 0 Å². The van der Waals surface area contributed by atoms with E-state index in [2.05, 4.69) is 58.1 Å². The summed E-state index contributed by atoms with van der Waals surface area (Å²) in [7, 11) is 3.36. The first-order valence-electron chi connectivity index (χ1n) is 11.0. The molecule has 4 rings (SSSR count). The summed E-state index contributed by atoms with van der Waals surface area (Å²) < 4.78 is 10.9. The Balaban J connectivity index is 1.46. The number of rotatable bonds is 8. The topological polar surface area (TPSA) is 61.0 Å². The number of nitrogens with one attached hydrogen (secondary N) is 1. The number of aryl methyl sites for hydroxylation is 1. The van der Waals surface area contributed by atoms with Gasteiger partial charge in [0.2, 0.25) is 0 Å². The van der Waals surface area contributed by atoms with E-state index in [4.69, 9.17) is 9.47 Å². The molecule has 166 valence electrons. The number of hydrogen-bond acceptors (Lipinski definition) is 5. The van der Waals surface area contributed by atoms with E-state index in [1.807, 2.05) is 6.07 Å². The minimum atomic E-state index is 0.196. The molecule has 2 heterocycles. The summed E-state index contributed by atoms with van der Waals surface area (Å²) in [4.78, 5) is 8.57. The van der Waals surface area contributed by atoms with Crippen LogP contribution in [0.2, 0.25) is 0 Å². The van der Waals surface area contributed by atoms with Crippen LogP contribution in [-0.2, 0) is 13.1 Å². The Kier molecular flexibility index (Phi) is 6.80. The molecule has 0 spiro atoms. The largest absolute Gasteiger partial charge is 0.497 e. The number of H-pyrrole nitrogens is 1. The summed E-state index contributed by atoms with van der Waals surface area (Å²) >= 11 is 0. The first-order chi connectivity index (χ1) is 15.1. The molecule has 0 bridgehead atoms. The maximum Gasteiger partial charge on any atom is 0.122 e. The fourth-order valence-corrected chi connectivity index (χ4v) is 4.64. The second-order valence-electron chi connectivity index (χ2n) is 8.37. The molecule has 0 aliphatic carbocycles. The number of aliphatic hydroxyl groups is 1. The predicted molar refractivity (Wildman–Crippen MR) is 124 cm³/mol. The fraction of sp³-hybridized carbons (Fsp3) is 0.440. The zero-order valence-electron chi connectivity index (χ0n) is 18.7. The van der Waals surface area contributed by atoms with Crippen molar-refractivity contribution in [3.05, 3.63) is 59.3 Å². The number of fused-ring (bicyclic) bond motifs is 1. The van der Waals surface area contributed by atoms with E-state index < -0.39 is 0 Å². The van der Waals surface area contributed by atoms with Gasteiger partial charge in [-0.15, -0.1) is 0 Å². The van der Waals surface area contributed by atoms with Gasteiger partial charge in [0, 0.05) is 68.0 Å². The summed E-state index contributed by atoms with van der Waals surface area (Å²) in [5.41, 5.74) is 4.99. The third-order valence-electron chi connectivity index (χ3n) is 6.40. The summed E-state index contributed by atoms with van der Waals surface area (Å²) in [6, 6.07) is 14.8. The lowest BCUT2D eigenvalue weighted by Gasteiger charge is -2.41. The van der Waals surface area contributed by atoms with Crippen molar-refractivity contribution in [3.8, 4) is 11.5 Å². The number of benzene rings is 2. The third kappa shape index (κ3) is 4.87. The first-order valence-corrected chi connectivity index (χ1v) is 11.0. The van der Waals surface area contributed by atoms with Crippen molar-refractivity contribution < 1.29 is 14.6 Å². The zero-order valence-corrected chi connectivity index (χ0v) is 18.7. The van der Waals surface area contributed by atoms with Gasteiger partial charge in [-0.1, -0.05) is 18.2 Å². The SMILES string of the molecule is COc1cc(CN2CCN(Cc3[nH]c4ccccc4c3C)CC2CCO)cc(OC)c1. The quantitative estimate of drug-likeness (QED) is 0.580. The van der Waals surface area contributed by atoms with Crippen LogP contribution >= 0.6 is 0 Å². The van der Waals surface area contributed by atoms with Crippen molar-refractivity contribution >= 4 is 10.9 Å². The monoisotopic (exact) mass is 423 g/mol. The molecule has 6 nitrogen and oxygen atoms in total. The maximum atomic E-state index is 9.69. The van der Waals surface area contributed by atoms with E-state index >= 15 is 0 Å². The second kappa shape index (κ2) is 9.73. The van der Waals surface area contributed by atoms with Crippen LogP contribution in [0.3, 0.4) is 0 Å². The number of aliphatic hydroxyl groups excluding tert-OH is 1. The lowest BCUT2D eigenvalue weighted by Crippen LogP contribution is -2.52. The summed E-state index contributed by atoms with van der Waals surface area (Å²) in [6.45, 7) is 7.02. The molecule has 0 radical (unpaired) electrons. The number of nitrogens with zero attached hydrogens (tertiary/aromatic N) is 2. The fourth-order valence-electron chi connectivity index (χ4n) is 4.64. The molecular weight excluding hydrogens is 390 g/mol. The number of aromatic amines is 1. The van der Waals surface area contributed by atoms with E-state index in [9.17, 15) is 5.11 Å². The van der Waals surface area contributed by atoms with Gasteiger partial charge in [0.15, 0.2) is 0 Å². The average Bonchev–Trinajstić information content (AvgIpc) is 3.10. The Hall–Kier alpha value is -2.54. The van der Waals surface area contributed by atoms with Gasteiger partial charge in [-0.25, -0.2) is 0 Å². The Morgan fingerprint density at radius 3 is 2.45 bits per heavy atom. The van der Waals surface area contributed by atoms with Crippen LogP contribution in [0.1, 0.15) is 23.2 Å². The molecule has 31 heavy (non-hydrogen) atoms. The number of ether oxygens (including phenoxy) is 2. The van der Waals surface area contributed by atoms with Gasteiger partial charge in [0.1, 0.15) is 11.5 Å². The molecule has 1 atom stereocenters. The van der Waals surface area contributed by atoms with Gasteiger partial charge in [-0.05, 0) is 42.7 Å². The molecule has 0 saturated carbocycles. The molecule has 1 fully saturated rings. The Bertz CT molecular complexity index is 994. The van der Waals surface area contributed by atoms with Gasteiger partial charge in [0.05, 0.1) is 14.2 Å². The van der Waals surface area contributed by atoms with Gasteiger partial charge < -0.3 is 19.6 Å². The molecule has 1 aromatic heterocycles. The van der Waals surface area contributed by atoms with Crippen LogP contribution < -0.4 is 9.47 Å². The van der Waals surface area contributed by atoms with Crippen molar-refractivity contribution in [1.29, 1.82) is 0 Å². The number of methoxy groups -OCH3 is 2. The summed E-state index contributed by atoms with van der Waals surface area (Å²) in [5.74, 6) is 1.61. The molecule has 6 heteroatoms. The van der Waals surface area contributed by atoms with Gasteiger partial charge in [-0.3, -0.25) is 9.80 Å². The number of hydrogen-bond donors (Lipinski definition) is 2. The minimum Gasteiger partial charge on any atom is -0.497 e. The van der Waals surface area contributed by atoms with Gasteiger partial charge >= 0.3 is 0 Å². The molecule has 1 saturated heterocycles. The molecular formula is C25H33N3O3. The standard InChI is InChI=1S/C25H33N3O3/c1-18-23-6-4-5-7-24(23)26-25(18)17-27-9-10-28(20(16-27)8-11-29)15-19-12-21(30-2)14-22(13-19)31-3/h4-7,12-14,20,26,29H,8-11,15-17H2,1-3H3. The lowest BCUT2D eigenvalue weighted by molar-refractivity contribution is 0.0493. The molecule has 3 aromatic rings. The first kappa shape index (κ1) is 21.7. The highest BCUT2D eigenvalue weighted by atomic mass is 16.5. The molecule has 1 unspecified atom stereocenters. The molecule has 2 aromatic carbocycles. The Morgan fingerprint density at radius 1 is 1.03 bits per heavy atom. The van der Waals surface area contributed by atoms with Crippen LogP contribution in [0.4, 0.5) is 0 Å². The summed E-state index contributed by atoms with van der Waals surface area (Å²) in [5, 5.41) is 11.0.